The van der Waals surface area contributed by atoms with E-state index in [0.717, 1.165) is 32.3 Å². The van der Waals surface area contributed by atoms with Crippen LogP contribution in [0.2, 0.25) is 0 Å². The van der Waals surface area contributed by atoms with E-state index in [1.54, 1.807) is 4.90 Å². The van der Waals surface area contributed by atoms with Crippen LogP contribution >= 0.6 is 0 Å². The van der Waals surface area contributed by atoms with E-state index in [2.05, 4.69) is 0 Å². The summed E-state index contributed by atoms with van der Waals surface area (Å²) in [5.74, 6) is -0.850. The standard InChI is InChI=1S/C14H23NO5/c16-13(10-12-2-1-7-20-12)15(6-3-14(17)18)11-4-8-19-9-5-11/h11-12H,1-10H2,(H,17,18)/t12-/m1/s1. The molecule has 2 heterocycles. The number of nitrogens with zero attached hydrogens (tertiary/aromatic N) is 1. The lowest BCUT2D eigenvalue weighted by Gasteiger charge is -2.34. The summed E-state index contributed by atoms with van der Waals surface area (Å²) in [5.41, 5.74) is 0. The number of amides is 1. The molecule has 1 N–H and O–H groups in total. The first-order valence-electron chi connectivity index (χ1n) is 7.37. The van der Waals surface area contributed by atoms with Crippen molar-refractivity contribution in [3.63, 3.8) is 0 Å². The lowest BCUT2D eigenvalue weighted by Crippen LogP contribution is -2.45. The number of aliphatic carboxylic acids is 1. The van der Waals surface area contributed by atoms with Crippen LogP contribution < -0.4 is 0 Å². The summed E-state index contributed by atoms with van der Waals surface area (Å²) >= 11 is 0. The highest BCUT2D eigenvalue weighted by Crippen LogP contribution is 2.20. The van der Waals surface area contributed by atoms with E-state index in [4.69, 9.17) is 14.6 Å². The van der Waals surface area contributed by atoms with Crippen LogP contribution in [0.4, 0.5) is 0 Å². The Balaban J connectivity index is 1.91. The summed E-state index contributed by atoms with van der Waals surface area (Å²) < 4.78 is 10.8. The van der Waals surface area contributed by atoms with Gasteiger partial charge < -0.3 is 19.5 Å². The third kappa shape index (κ3) is 4.45. The minimum absolute atomic E-state index is 0.00534. The van der Waals surface area contributed by atoms with Gasteiger partial charge >= 0.3 is 5.97 Å². The van der Waals surface area contributed by atoms with Gasteiger partial charge in [0.05, 0.1) is 18.9 Å². The topological polar surface area (TPSA) is 76.1 Å². The molecule has 0 spiro atoms. The summed E-state index contributed by atoms with van der Waals surface area (Å²) in [6, 6.07) is 0.108. The van der Waals surface area contributed by atoms with Gasteiger partial charge in [0, 0.05) is 32.4 Å². The number of rotatable bonds is 6. The quantitative estimate of drug-likeness (QED) is 0.789. The monoisotopic (exact) mass is 285 g/mol. The Hall–Kier alpha value is -1.14. The molecule has 0 aromatic heterocycles. The Labute approximate surface area is 119 Å². The summed E-state index contributed by atoms with van der Waals surface area (Å²) in [6.07, 6.45) is 3.88. The van der Waals surface area contributed by atoms with Crippen molar-refractivity contribution in [1.29, 1.82) is 0 Å². The molecule has 0 bridgehead atoms. The number of carbonyl (C=O) groups is 2. The first kappa shape index (κ1) is 15.3. The average molecular weight is 285 g/mol. The fourth-order valence-electron chi connectivity index (χ4n) is 2.84. The molecule has 6 heteroatoms. The van der Waals surface area contributed by atoms with Crippen molar-refractivity contribution in [3.05, 3.63) is 0 Å². The van der Waals surface area contributed by atoms with Gasteiger partial charge in [-0.2, -0.15) is 0 Å². The molecule has 2 rings (SSSR count). The van der Waals surface area contributed by atoms with E-state index >= 15 is 0 Å². The highest BCUT2D eigenvalue weighted by Gasteiger charge is 2.29. The molecule has 2 aliphatic rings. The molecule has 2 fully saturated rings. The Kier molecular flexibility index (Phi) is 5.79. The minimum atomic E-state index is -0.869. The van der Waals surface area contributed by atoms with Crippen molar-refractivity contribution in [2.24, 2.45) is 0 Å². The molecule has 6 nitrogen and oxygen atoms in total. The second kappa shape index (κ2) is 7.59. The van der Waals surface area contributed by atoms with Crippen LogP contribution in [-0.4, -0.2) is 60.4 Å². The summed E-state index contributed by atoms with van der Waals surface area (Å²) in [5, 5.41) is 8.84. The first-order valence-corrected chi connectivity index (χ1v) is 7.37. The number of hydrogen-bond acceptors (Lipinski definition) is 4. The van der Waals surface area contributed by atoms with Crippen molar-refractivity contribution in [2.75, 3.05) is 26.4 Å². The van der Waals surface area contributed by atoms with Crippen molar-refractivity contribution in [2.45, 2.75) is 50.7 Å². The van der Waals surface area contributed by atoms with Crippen LogP contribution in [0, 0.1) is 0 Å². The fraction of sp³-hybridized carbons (Fsp3) is 0.857. The third-order valence-corrected chi connectivity index (χ3v) is 3.94. The molecule has 0 radical (unpaired) electrons. The third-order valence-electron chi connectivity index (χ3n) is 3.94. The maximum Gasteiger partial charge on any atom is 0.305 e. The highest BCUT2D eigenvalue weighted by molar-refractivity contribution is 5.78. The van der Waals surface area contributed by atoms with Gasteiger partial charge in [-0.05, 0) is 25.7 Å². The molecule has 0 aliphatic carbocycles. The van der Waals surface area contributed by atoms with Crippen molar-refractivity contribution < 1.29 is 24.2 Å². The van der Waals surface area contributed by atoms with Crippen molar-refractivity contribution >= 4 is 11.9 Å². The van der Waals surface area contributed by atoms with Crippen LogP contribution in [0.15, 0.2) is 0 Å². The van der Waals surface area contributed by atoms with Crippen molar-refractivity contribution in [1.82, 2.24) is 4.90 Å². The van der Waals surface area contributed by atoms with Gasteiger partial charge in [0.1, 0.15) is 0 Å². The molecule has 1 amide bonds. The molecule has 0 unspecified atom stereocenters. The zero-order valence-electron chi connectivity index (χ0n) is 11.8. The molecule has 1 atom stereocenters. The Morgan fingerprint density at radius 2 is 1.90 bits per heavy atom. The lowest BCUT2D eigenvalue weighted by atomic mass is 10.0. The van der Waals surface area contributed by atoms with Gasteiger partial charge in [0.2, 0.25) is 5.91 Å². The number of carboxylic acids is 1. The van der Waals surface area contributed by atoms with Gasteiger partial charge in [-0.25, -0.2) is 0 Å². The minimum Gasteiger partial charge on any atom is -0.481 e. The number of ether oxygens (including phenoxy) is 2. The number of hydrogen-bond donors (Lipinski definition) is 1. The van der Waals surface area contributed by atoms with E-state index < -0.39 is 5.97 Å². The van der Waals surface area contributed by atoms with Crippen LogP contribution in [0.1, 0.15) is 38.5 Å². The van der Waals surface area contributed by atoms with E-state index in [0.29, 0.717) is 19.6 Å². The average Bonchev–Trinajstić information content (AvgIpc) is 2.92. The molecular weight excluding hydrogens is 262 g/mol. The fourth-order valence-corrected chi connectivity index (χ4v) is 2.84. The Morgan fingerprint density at radius 3 is 2.50 bits per heavy atom. The van der Waals surface area contributed by atoms with Gasteiger partial charge in [0.25, 0.3) is 0 Å². The smallest absolute Gasteiger partial charge is 0.305 e. The van der Waals surface area contributed by atoms with Gasteiger partial charge in [-0.15, -0.1) is 0 Å². The van der Waals surface area contributed by atoms with Crippen LogP contribution in [0.3, 0.4) is 0 Å². The molecule has 2 aliphatic heterocycles. The molecule has 114 valence electrons. The van der Waals surface area contributed by atoms with Crippen LogP contribution in [-0.2, 0) is 19.1 Å². The predicted molar refractivity (Wildman–Crippen MR) is 71.4 cm³/mol. The normalized spacial score (nSPS) is 23.7. The van der Waals surface area contributed by atoms with E-state index in [1.165, 1.54) is 0 Å². The predicted octanol–water partition coefficient (Wildman–Crippen LogP) is 1.04. The zero-order chi connectivity index (χ0) is 14.4. The Morgan fingerprint density at radius 1 is 1.15 bits per heavy atom. The summed E-state index contributed by atoms with van der Waals surface area (Å²) in [4.78, 5) is 24.9. The lowest BCUT2D eigenvalue weighted by molar-refractivity contribution is -0.141. The SMILES string of the molecule is O=C(O)CCN(C(=O)C[C@H]1CCCO1)C1CCOCC1. The molecular formula is C14H23NO5. The number of carbonyl (C=O) groups excluding carboxylic acids is 1. The molecule has 0 aromatic rings. The Bertz CT molecular complexity index is 334. The van der Waals surface area contributed by atoms with E-state index in [9.17, 15) is 9.59 Å². The van der Waals surface area contributed by atoms with Crippen LogP contribution in [0.25, 0.3) is 0 Å². The largest absolute Gasteiger partial charge is 0.481 e. The molecule has 0 saturated carbocycles. The summed E-state index contributed by atoms with van der Waals surface area (Å²) in [7, 11) is 0. The summed E-state index contributed by atoms with van der Waals surface area (Å²) in [6.45, 7) is 2.29. The highest BCUT2D eigenvalue weighted by atomic mass is 16.5. The van der Waals surface area contributed by atoms with Gasteiger partial charge in [0.15, 0.2) is 0 Å². The van der Waals surface area contributed by atoms with E-state index in [-0.39, 0.29) is 31.0 Å². The molecule has 0 aromatic carbocycles. The molecule has 20 heavy (non-hydrogen) atoms. The van der Waals surface area contributed by atoms with Crippen LogP contribution in [0.5, 0.6) is 0 Å². The number of carboxylic acid groups (broad SMARTS) is 1. The maximum atomic E-state index is 12.4. The van der Waals surface area contributed by atoms with Gasteiger partial charge in [-0.1, -0.05) is 0 Å². The zero-order valence-corrected chi connectivity index (χ0v) is 11.8. The second-order valence-electron chi connectivity index (χ2n) is 5.41. The van der Waals surface area contributed by atoms with Gasteiger partial charge in [-0.3, -0.25) is 9.59 Å². The van der Waals surface area contributed by atoms with E-state index in [1.807, 2.05) is 0 Å². The second-order valence-corrected chi connectivity index (χ2v) is 5.41. The first-order chi connectivity index (χ1) is 9.66. The maximum absolute atomic E-state index is 12.4. The molecule has 2 saturated heterocycles. The van der Waals surface area contributed by atoms with Crippen molar-refractivity contribution in [3.8, 4) is 0 Å².